The van der Waals surface area contributed by atoms with Crippen molar-refractivity contribution in [1.29, 1.82) is 0 Å². The minimum absolute atomic E-state index is 0.0469. The van der Waals surface area contributed by atoms with Gasteiger partial charge in [0.1, 0.15) is 11.6 Å². The number of carbonyl (C=O) groups excluding carboxylic acids is 1. The first-order chi connectivity index (χ1) is 9.55. The molecule has 0 aliphatic heterocycles. The van der Waals surface area contributed by atoms with Gasteiger partial charge in [-0.2, -0.15) is 0 Å². The van der Waals surface area contributed by atoms with Crippen LogP contribution in [0.25, 0.3) is 10.9 Å². The Morgan fingerprint density at radius 2 is 2.15 bits per heavy atom. The van der Waals surface area contributed by atoms with Crippen LogP contribution in [0.15, 0.2) is 24.3 Å². The van der Waals surface area contributed by atoms with Crippen LogP contribution in [-0.4, -0.2) is 24.2 Å². The van der Waals surface area contributed by atoms with E-state index in [-0.39, 0.29) is 17.6 Å². The summed E-state index contributed by atoms with van der Waals surface area (Å²) in [4.78, 5) is 15.8. The lowest BCUT2D eigenvalue weighted by molar-refractivity contribution is 0.0593. The number of methoxy groups -OCH3 is 1. The number of hydrogen-bond donors (Lipinski definition) is 0. The second-order valence-corrected chi connectivity index (χ2v) is 4.50. The number of nitrogens with zero attached hydrogens (tertiary/aromatic N) is 1. The quantitative estimate of drug-likeness (QED) is 0.804. The topological polar surface area (TPSA) is 48.4 Å². The van der Waals surface area contributed by atoms with E-state index < -0.39 is 5.97 Å². The summed E-state index contributed by atoms with van der Waals surface area (Å²) in [6.07, 6.45) is 0.751. The van der Waals surface area contributed by atoms with Crippen molar-refractivity contribution in [2.24, 2.45) is 0 Å². The highest BCUT2D eigenvalue weighted by Crippen LogP contribution is 2.28. The predicted octanol–water partition coefficient (Wildman–Crippen LogP) is 3.34. The number of rotatable bonds is 4. The average Bonchev–Trinajstić information content (AvgIpc) is 2.46. The molecule has 0 N–H and O–H groups in total. The number of hydrogen-bond acceptors (Lipinski definition) is 4. The number of pyridine rings is 1. The molecule has 4 nitrogen and oxygen atoms in total. The Labute approximate surface area is 116 Å². The van der Waals surface area contributed by atoms with Crippen LogP contribution in [0.3, 0.4) is 0 Å². The Bertz CT molecular complexity index is 642. The predicted molar refractivity (Wildman–Crippen MR) is 73.4 cm³/mol. The van der Waals surface area contributed by atoms with Gasteiger partial charge in [-0.05, 0) is 31.5 Å². The van der Waals surface area contributed by atoms with Crippen molar-refractivity contribution in [3.63, 3.8) is 0 Å². The molecule has 0 aliphatic rings. The fourth-order valence-corrected chi connectivity index (χ4v) is 1.77. The van der Waals surface area contributed by atoms with Crippen LogP contribution in [0.5, 0.6) is 5.75 Å². The van der Waals surface area contributed by atoms with E-state index in [9.17, 15) is 9.18 Å². The van der Waals surface area contributed by atoms with Crippen molar-refractivity contribution < 1.29 is 18.7 Å². The van der Waals surface area contributed by atoms with Gasteiger partial charge in [0.2, 0.25) is 0 Å². The molecule has 0 bridgehead atoms. The van der Waals surface area contributed by atoms with E-state index >= 15 is 0 Å². The fourth-order valence-electron chi connectivity index (χ4n) is 1.77. The van der Waals surface area contributed by atoms with Crippen molar-refractivity contribution in [1.82, 2.24) is 4.98 Å². The smallest absolute Gasteiger partial charge is 0.356 e. The van der Waals surface area contributed by atoms with Crippen LogP contribution in [-0.2, 0) is 4.74 Å². The first-order valence-corrected chi connectivity index (χ1v) is 6.40. The lowest BCUT2D eigenvalue weighted by Crippen LogP contribution is -2.12. The maximum absolute atomic E-state index is 13.4. The highest BCUT2D eigenvalue weighted by molar-refractivity contribution is 5.94. The van der Waals surface area contributed by atoms with Crippen molar-refractivity contribution in [3.05, 3.63) is 35.8 Å². The highest BCUT2D eigenvalue weighted by Gasteiger charge is 2.15. The van der Waals surface area contributed by atoms with Gasteiger partial charge in [-0.15, -0.1) is 0 Å². The third-order valence-electron chi connectivity index (χ3n) is 3.03. The Morgan fingerprint density at radius 3 is 2.80 bits per heavy atom. The molecule has 2 rings (SSSR count). The largest absolute Gasteiger partial charge is 0.490 e. The number of esters is 1. The van der Waals surface area contributed by atoms with Crippen LogP contribution in [0, 0.1) is 5.82 Å². The normalized spacial score (nSPS) is 12.2. The van der Waals surface area contributed by atoms with Crippen molar-refractivity contribution in [2.45, 2.75) is 26.4 Å². The van der Waals surface area contributed by atoms with E-state index in [4.69, 9.17) is 4.74 Å². The van der Waals surface area contributed by atoms with Gasteiger partial charge >= 0.3 is 5.97 Å². The zero-order valence-corrected chi connectivity index (χ0v) is 11.6. The number of aromatic nitrogens is 1. The SMILES string of the molecule is CCC(C)Oc1cc(C(=O)OC)nc2ccc(F)cc12. The summed E-state index contributed by atoms with van der Waals surface area (Å²) < 4.78 is 23.8. The summed E-state index contributed by atoms with van der Waals surface area (Å²) in [7, 11) is 1.29. The van der Waals surface area contributed by atoms with Gasteiger partial charge in [-0.1, -0.05) is 6.92 Å². The maximum Gasteiger partial charge on any atom is 0.356 e. The molecule has 1 atom stereocenters. The lowest BCUT2D eigenvalue weighted by atomic mass is 10.1. The van der Waals surface area contributed by atoms with Gasteiger partial charge in [0.05, 0.1) is 18.7 Å². The number of benzene rings is 1. The van der Waals surface area contributed by atoms with Crippen molar-refractivity contribution in [3.8, 4) is 5.75 Å². The maximum atomic E-state index is 13.4. The number of halogens is 1. The minimum atomic E-state index is -0.551. The molecule has 0 aliphatic carbocycles. The number of fused-ring (bicyclic) bond motifs is 1. The Morgan fingerprint density at radius 1 is 1.40 bits per heavy atom. The van der Waals surface area contributed by atoms with Gasteiger partial charge in [-0.3, -0.25) is 0 Å². The molecule has 0 amide bonds. The minimum Gasteiger partial charge on any atom is -0.490 e. The molecule has 1 heterocycles. The molecule has 0 fully saturated rings. The molecular formula is C15H16FNO3. The van der Waals surface area contributed by atoms with Crippen LogP contribution >= 0.6 is 0 Å². The van der Waals surface area contributed by atoms with E-state index in [1.807, 2.05) is 13.8 Å². The summed E-state index contributed by atoms with van der Waals surface area (Å²) >= 11 is 0. The molecule has 1 aromatic heterocycles. The van der Waals surface area contributed by atoms with Crippen LogP contribution in [0.1, 0.15) is 30.8 Å². The number of carbonyl (C=O) groups is 1. The van der Waals surface area contributed by atoms with E-state index in [0.717, 1.165) is 6.42 Å². The first-order valence-electron chi connectivity index (χ1n) is 6.40. The monoisotopic (exact) mass is 277 g/mol. The molecule has 0 saturated heterocycles. The van der Waals surface area contributed by atoms with Gasteiger partial charge in [0.25, 0.3) is 0 Å². The third kappa shape index (κ3) is 2.87. The van der Waals surface area contributed by atoms with Crippen LogP contribution in [0.4, 0.5) is 4.39 Å². The van der Waals surface area contributed by atoms with E-state index in [0.29, 0.717) is 16.7 Å². The fraction of sp³-hybridized carbons (Fsp3) is 0.333. The summed E-state index contributed by atoms with van der Waals surface area (Å²) in [5, 5.41) is 0.540. The molecule has 1 unspecified atom stereocenters. The molecule has 0 saturated carbocycles. The van der Waals surface area contributed by atoms with Crippen molar-refractivity contribution >= 4 is 16.9 Å². The molecule has 1 aromatic carbocycles. The molecule has 0 radical (unpaired) electrons. The van der Waals surface area contributed by atoms with Crippen LogP contribution in [0.2, 0.25) is 0 Å². The second-order valence-electron chi connectivity index (χ2n) is 4.50. The summed E-state index contributed by atoms with van der Waals surface area (Å²) in [6, 6.07) is 5.64. The van der Waals surface area contributed by atoms with Gasteiger partial charge < -0.3 is 9.47 Å². The lowest BCUT2D eigenvalue weighted by Gasteiger charge is -2.15. The van der Waals surface area contributed by atoms with E-state index in [1.165, 1.54) is 31.4 Å². The van der Waals surface area contributed by atoms with Crippen LogP contribution < -0.4 is 4.74 Å². The Kier molecular flexibility index (Phi) is 4.17. The Balaban J connectivity index is 2.59. The van der Waals surface area contributed by atoms with E-state index in [1.54, 1.807) is 0 Å². The first kappa shape index (κ1) is 14.2. The van der Waals surface area contributed by atoms with Gasteiger partial charge in [0, 0.05) is 11.5 Å². The summed E-state index contributed by atoms with van der Waals surface area (Å²) in [5.41, 5.74) is 0.637. The second kappa shape index (κ2) is 5.86. The molecule has 2 aromatic rings. The van der Waals surface area contributed by atoms with Gasteiger partial charge in [0.15, 0.2) is 5.69 Å². The molecule has 5 heteroatoms. The molecular weight excluding hydrogens is 261 g/mol. The third-order valence-corrected chi connectivity index (χ3v) is 3.03. The summed E-state index contributed by atoms with van der Waals surface area (Å²) in [5.74, 6) is -0.492. The molecule has 20 heavy (non-hydrogen) atoms. The Hall–Kier alpha value is -2.17. The van der Waals surface area contributed by atoms with Crippen molar-refractivity contribution in [2.75, 3.05) is 7.11 Å². The standard InChI is InChI=1S/C15H16FNO3/c1-4-9(2)20-14-8-13(15(18)19-3)17-12-6-5-10(16)7-11(12)14/h5-9H,4H2,1-3H3. The molecule has 0 spiro atoms. The highest BCUT2D eigenvalue weighted by atomic mass is 19.1. The summed E-state index contributed by atoms with van der Waals surface area (Å²) in [6.45, 7) is 3.89. The molecule has 106 valence electrons. The zero-order valence-electron chi connectivity index (χ0n) is 11.6. The van der Waals surface area contributed by atoms with Gasteiger partial charge in [-0.25, -0.2) is 14.2 Å². The average molecular weight is 277 g/mol. The van der Waals surface area contributed by atoms with E-state index in [2.05, 4.69) is 9.72 Å². The zero-order chi connectivity index (χ0) is 14.7. The number of ether oxygens (including phenoxy) is 2.